The summed E-state index contributed by atoms with van der Waals surface area (Å²) in [4.78, 5) is 15.1. The zero-order valence-electron chi connectivity index (χ0n) is 11.9. The number of oxime groups is 1. The molecule has 1 aromatic carbocycles. The number of H-pyrrole nitrogens is 1. The van der Waals surface area contributed by atoms with Crippen molar-refractivity contribution in [3.8, 4) is 0 Å². The first-order chi connectivity index (χ1) is 10.2. The van der Waals surface area contributed by atoms with E-state index in [1.54, 1.807) is 0 Å². The van der Waals surface area contributed by atoms with Crippen molar-refractivity contribution < 1.29 is 10.0 Å². The lowest BCUT2D eigenvalue weighted by molar-refractivity contribution is -0.115. The summed E-state index contributed by atoms with van der Waals surface area (Å²) in [7, 11) is 2.02. The van der Waals surface area contributed by atoms with E-state index >= 15 is 0 Å². The molecule has 110 valence electrons. The van der Waals surface area contributed by atoms with Crippen molar-refractivity contribution in [1.82, 2.24) is 10.3 Å². The molecule has 0 spiro atoms. The predicted octanol–water partition coefficient (Wildman–Crippen LogP) is 0.235. The van der Waals surface area contributed by atoms with Crippen LogP contribution in [0.3, 0.4) is 0 Å². The number of aromatic nitrogens is 1. The lowest BCUT2D eigenvalue weighted by Crippen LogP contribution is -2.33. The van der Waals surface area contributed by atoms with Gasteiger partial charge in [-0.2, -0.15) is 12.6 Å². The highest BCUT2D eigenvalue weighted by Crippen LogP contribution is 2.17. The largest absolute Gasteiger partial charge is 0.410 e. The Hall–Kier alpha value is -1.89. The van der Waals surface area contributed by atoms with Crippen molar-refractivity contribution in [2.75, 3.05) is 12.3 Å². The average molecular weight is 303 g/mol. The molecule has 0 unspecified atom stereocenters. The second kappa shape index (κ2) is 7.22. The van der Waals surface area contributed by atoms with Crippen LogP contribution in [-0.2, 0) is 11.2 Å². The first-order valence-corrected chi connectivity index (χ1v) is 7.45. The number of carbonyl (C=O) groups excluding carboxylic acids is 1. The van der Waals surface area contributed by atoms with E-state index in [4.69, 9.17) is 5.21 Å². The molecule has 0 fully saturated rings. The quantitative estimate of drug-likeness (QED) is 0.154. The Kier molecular flexibility index (Phi) is 5.33. The molecule has 0 radical (unpaired) electrons. The molecule has 1 aromatic heterocycles. The van der Waals surface area contributed by atoms with Gasteiger partial charge >= 0.3 is 0 Å². The van der Waals surface area contributed by atoms with E-state index in [1.165, 1.54) is 0 Å². The van der Waals surface area contributed by atoms with Gasteiger partial charge in [-0.1, -0.05) is 22.8 Å². The van der Waals surface area contributed by atoms with Crippen LogP contribution in [0.4, 0.5) is 0 Å². The Morgan fingerprint density at radius 1 is 1.48 bits per heavy atom. The molecule has 2 rings (SSSR count). The lowest BCUT2D eigenvalue weighted by atomic mass is 9.93. The summed E-state index contributed by atoms with van der Waals surface area (Å²) in [5, 5.41) is 16.0. The van der Waals surface area contributed by atoms with Gasteiger partial charge in [-0.3, -0.25) is 4.79 Å². The second-order valence-corrected chi connectivity index (χ2v) is 5.37. The molecule has 0 aliphatic heterocycles. The van der Waals surface area contributed by atoms with Gasteiger partial charge in [-0.05, 0) is 23.8 Å². The zero-order chi connectivity index (χ0) is 15.2. The summed E-state index contributed by atoms with van der Waals surface area (Å²) in [6.07, 6.45) is 2.91. The minimum atomic E-state index is -0.346. The number of benzene rings is 1. The minimum Gasteiger partial charge on any atom is -0.410 e. The maximum Gasteiger partial charge on any atom is 0.269 e. The molecule has 5 nitrogen and oxygen atoms in total. The number of aromatic amines is 1. The van der Waals surface area contributed by atoms with E-state index in [2.05, 4.69) is 34.2 Å². The maximum absolute atomic E-state index is 11.9. The summed E-state index contributed by atoms with van der Waals surface area (Å²) in [5.74, 6) is 0.356. The number of hydrogen-bond donors (Lipinski definition) is 4. The van der Waals surface area contributed by atoms with Gasteiger partial charge in [-0.25, -0.2) is 0 Å². The number of hydrogen-bond acceptors (Lipinski definition) is 4. The van der Waals surface area contributed by atoms with Crippen LogP contribution in [0.5, 0.6) is 0 Å². The Balaban J connectivity index is 2.14. The monoisotopic (exact) mass is 303 g/mol. The predicted molar refractivity (Wildman–Crippen MR) is 90.9 cm³/mol. The van der Waals surface area contributed by atoms with Crippen LogP contribution in [0, 0.1) is 0 Å². The standard InChI is InChI=1S/C14H18BN3O2S/c15-10-2-3-12-11(7-10)9(8-17-12)6-13(18-20)14(19)16-4-1-5-21/h2-3,7-8,17,20-21H,1,4-6,15H2,(H,16,19)/b18-13+. The zero-order valence-corrected chi connectivity index (χ0v) is 12.8. The van der Waals surface area contributed by atoms with E-state index in [-0.39, 0.29) is 18.0 Å². The van der Waals surface area contributed by atoms with Gasteiger partial charge in [0.05, 0.1) is 0 Å². The van der Waals surface area contributed by atoms with Crippen molar-refractivity contribution in [2.24, 2.45) is 5.16 Å². The highest BCUT2D eigenvalue weighted by Gasteiger charge is 2.15. The van der Waals surface area contributed by atoms with Crippen LogP contribution in [0.2, 0.25) is 0 Å². The van der Waals surface area contributed by atoms with E-state index in [1.807, 2.05) is 26.2 Å². The third-order valence-corrected chi connectivity index (χ3v) is 3.60. The Morgan fingerprint density at radius 2 is 2.29 bits per heavy atom. The van der Waals surface area contributed by atoms with Gasteiger partial charge in [-0.15, -0.1) is 0 Å². The van der Waals surface area contributed by atoms with Gasteiger partial charge in [0, 0.05) is 30.1 Å². The second-order valence-electron chi connectivity index (χ2n) is 4.92. The lowest BCUT2D eigenvalue weighted by Gasteiger charge is -2.05. The third-order valence-electron chi connectivity index (χ3n) is 3.28. The molecule has 2 aromatic rings. The van der Waals surface area contributed by atoms with Crippen molar-refractivity contribution in [3.63, 3.8) is 0 Å². The Bertz CT molecular complexity index is 669. The van der Waals surface area contributed by atoms with E-state index in [9.17, 15) is 4.79 Å². The number of rotatable bonds is 6. The smallest absolute Gasteiger partial charge is 0.269 e. The SMILES string of the molecule is Bc1ccc2[nH]cc(C/C(=N\O)C(=O)NCCCS)c2c1. The van der Waals surface area contributed by atoms with E-state index in [0.717, 1.165) is 28.4 Å². The molecule has 0 saturated carbocycles. The van der Waals surface area contributed by atoms with Crippen LogP contribution >= 0.6 is 12.6 Å². The molecular weight excluding hydrogens is 285 g/mol. The van der Waals surface area contributed by atoms with Crippen molar-refractivity contribution in [2.45, 2.75) is 12.8 Å². The van der Waals surface area contributed by atoms with Gasteiger partial charge in [0.1, 0.15) is 13.6 Å². The van der Waals surface area contributed by atoms with Gasteiger partial charge in [0.25, 0.3) is 5.91 Å². The molecule has 1 amide bonds. The van der Waals surface area contributed by atoms with E-state index < -0.39 is 0 Å². The van der Waals surface area contributed by atoms with Crippen LogP contribution in [0.25, 0.3) is 10.9 Å². The fourth-order valence-electron chi connectivity index (χ4n) is 2.16. The van der Waals surface area contributed by atoms with Crippen molar-refractivity contribution in [3.05, 3.63) is 30.0 Å². The van der Waals surface area contributed by atoms with Crippen molar-refractivity contribution >= 4 is 48.5 Å². The average Bonchev–Trinajstić information content (AvgIpc) is 2.87. The topological polar surface area (TPSA) is 77.5 Å². The van der Waals surface area contributed by atoms with Crippen molar-refractivity contribution in [1.29, 1.82) is 0 Å². The van der Waals surface area contributed by atoms with Gasteiger partial charge in [0.2, 0.25) is 0 Å². The number of thiol groups is 1. The highest BCUT2D eigenvalue weighted by molar-refractivity contribution is 7.80. The third kappa shape index (κ3) is 3.82. The molecule has 0 aliphatic carbocycles. The summed E-state index contributed by atoms with van der Waals surface area (Å²) < 4.78 is 0. The molecule has 21 heavy (non-hydrogen) atoms. The molecule has 3 N–H and O–H groups in total. The molecular formula is C14H18BN3O2S. The maximum atomic E-state index is 11.9. The van der Waals surface area contributed by atoms with Crippen LogP contribution in [-0.4, -0.2) is 42.0 Å². The summed E-state index contributed by atoms with van der Waals surface area (Å²) >= 11 is 4.08. The van der Waals surface area contributed by atoms with Crippen LogP contribution in [0.1, 0.15) is 12.0 Å². The first-order valence-electron chi connectivity index (χ1n) is 6.82. The summed E-state index contributed by atoms with van der Waals surface area (Å²) in [6, 6.07) is 6.07. The summed E-state index contributed by atoms with van der Waals surface area (Å²) in [5.41, 5.74) is 3.19. The number of carbonyl (C=O) groups is 1. The molecule has 0 bridgehead atoms. The fraction of sp³-hybridized carbons (Fsp3) is 0.286. The molecule has 1 heterocycles. The van der Waals surface area contributed by atoms with Crippen LogP contribution in [0.15, 0.2) is 29.6 Å². The number of fused-ring (bicyclic) bond motifs is 1. The molecule has 0 aliphatic rings. The van der Waals surface area contributed by atoms with Gasteiger partial charge < -0.3 is 15.5 Å². The number of nitrogens with one attached hydrogen (secondary N) is 2. The molecule has 7 heteroatoms. The normalized spacial score (nSPS) is 11.8. The first kappa shape index (κ1) is 15.5. The highest BCUT2D eigenvalue weighted by atomic mass is 32.1. The van der Waals surface area contributed by atoms with Gasteiger partial charge in [0.15, 0.2) is 0 Å². The van der Waals surface area contributed by atoms with E-state index in [0.29, 0.717) is 12.3 Å². The molecule has 0 atom stereocenters. The Labute approximate surface area is 129 Å². The minimum absolute atomic E-state index is 0.108. The molecule has 0 saturated heterocycles. The van der Waals surface area contributed by atoms with Crippen LogP contribution < -0.4 is 10.8 Å². The number of nitrogens with zero attached hydrogens (tertiary/aromatic N) is 1. The Morgan fingerprint density at radius 3 is 3.00 bits per heavy atom. The summed E-state index contributed by atoms with van der Waals surface area (Å²) in [6.45, 7) is 0.522. The number of amides is 1. The fourth-order valence-corrected chi connectivity index (χ4v) is 2.32.